The van der Waals surface area contributed by atoms with Crippen LogP contribution < -0.4 is 4.90 Å². The Labute approximate surface area is 110 Å². The lowest BCUT2D eigenvalue weighted by Crippen LogP contribution is -2.25. The molecule has 0 radical (unpaired) electrons. The lowest BCUT2D eigenvalue weighted by molar-refractivity contribution is -0.115. The van der Waals surface area contributed by atoms with Gasteiger partial charge in [-0.1, -0.05) is 18.2 Å². The zero-order chi connectivity index (χ0) is 13.8. The summed E-state index contributed by atoms with van der Waals surface area (Å²) in [4.78, 5) is 21.0. The van der Waals surface area contributed by atoms with Crippen LogP contribution in [-0.4, -0.2) is 29.3 Å². The Bertz CT molecular complexity index is 583. The zero-order valence-electron chi connectivity index (χ0n) is 10.8. The monoisotopic (exact) mass is 259 g/mol. The molecule has 0 unspecified atom stereocenters. The van der Waals surface area contributed by atoms with Crippen LogP contribution in [0.4, 0.5) is 10.3 Å². The molecular weight excluding hydrogens is 245 g/mol. The molecule has 0 saturated heterocycles. The van der Waals surface area contributed by atoms with Crippen molar-refractivity contribution in [2.24, 2.45) is 0 Å². The molecule has 19 heavy (non-hydrogen) atoms. The largest absolute Gasteiger partial charge is 0.337 e. The molecule has 0 spiro atoms. The molecule has 0 aliphatic carbocycles. The van der Waals surface area contributed by atoms with Gasteiger partial charge < -0.3 is 4.90 Å². The number of Topliss-reactive ketones (excluding diaryl/α,β-unsaturated/α-hetero) is 1. The summed E-state index contributed by atoms with van der Waals surface area (Å²) in [5.41, 5.74) is 1.07. The van der Waals surface area contributed by atoms with Crippen molar-refractivity contribution >= 4 is 11.7 Å². The Kier molecular flexibility index (Phi) is 3.85. The second-order valence-corrected chi connectivity index (χ2v) is 4.31. The van der Waals surface area contributed by atoms with E-state index in [9.17, 15) is 9.18 Å². The second-order valence-electron chi connectivity index (χ2n) is 4.31. The van der Waals surface area contributed by atoms with E-state index in [-0.39, 0.29) is 18.1 Å². The predicted molar refractivity (Wildman–Crippen MR) is 71.4 cm³/mol. The number of rotatable bonds is 4. The molecular formula is C14H14FN3O. The number of anilines is 1. The lowest BCUT2D eigenvalue weighted by Gasteiger charge is -2.14. The maximum atomic E-state index is 13.6. The SMILES string of the molecule is CC(=O)CN(C)c1ncc(-c2ccccc2F)cn1. The van der Waals surface area contributed by atoms with Crippen LogP contribution in [0.5, 0.6) is 0 Å². The molecule has 0 atom stereocenters. The van der Waals surface area contributed by atoms with Crippen LogP contribution in [0.1, 0.15) is 6.92 Å². The van der Waals surface area contributed by atoms with Crippen molar-refractivity contribution in [3.63, 3.8) is 0 Å². The summed E-state index contributed by atoms with van der Waals surface area (Å²) >= 11 is 0. The standard InChI is InChI=1S/C14H14FN3O/c1-10(19)9-18(2)14-16-7-11(8-17-14)12-5-3-4-6-13(12)15/h3-8H,9H2,1-2H3. The first-order chi connectivity index (χ1) is 9.08. The molecule has 98 valence electrons. The van der Waals surface area contributed by atoms with E-state index in [1.807, 2.05) is 0 Å². The predicted octanol–water partition coefficient (Wildman–Crippen LogP) is 2.31. The molecule has 2 rings (SSSR count). The molecule has 1 aromatic heterocycles. The molecule has 0 saturated carbocycles. The average molecular weight is 259 g/mol. The Balaban J connectivity index is 2.24. The number of hydrogen-bond donors (Lipinski definition) is 0. The third kappa shape index (κ3) is 3.13. The van der Waals surface area contributed by atoms with Crippen molar-refractivity contribution in [3.8, 4) is 11.1 Å². The van der Waals surface area contributed by atoms with E-state index >= 15 is 0 Å². The van der Waals surface area contributed by atoms with Gasteiger partial charge in [0.25, 0.3) is 0 Å². The van der Waals surface area contributed by atoms with E-state index < -0.39 is 0 Å². The van der Waals surface area contributed by atoms with Gasteiger partial charge in [0.1, 0.15) is 11.6 Å². The van der Waals surface area contributed by atoms with Crippen molar-refractivity contribution < 1.29 is 9.18 Å². The van der Waals surface area contributed by atoms with Crippen molar-refractivity contribution in [3.05, 3.63) is 42.5 Å². The fourth-order valence-corrected chi connectivity index (χ4v) is 1.76. The normalized spacial score (nSPS) is 10.3. The van der Waals surface area contributed by atoms with E-state index in [0.717, 1.165) is 0 Å². The summed E-state index contributed by atoms with van der Waals surface area (Å²) < 4.78 is 13.6. The number of benzene rings is 1. The molecule has 0 bridgehead atoms. The van der Waals surface area contributed by atoms with Gasteiger partial charge in [-0.05, 0) is 13.0 Å². The topological polar surface area (TPSA) is 46.1 Å². The van der Waals surface area contributed by atoms with Crippen LogP contribution in [-0.2, 0) is 4.79 Å². The minimum atomic E-state index is -0.309. The van der Waals surface area contributed by atoms with E-state index in [0.29, 0.717) is 17.1 Å². The summed E-state index contributed by atoms with van der Waals surface area (Å²) in [6.07, 6.45) is 3.11. The van der Waals surface area contributed by atoms with E-state index in [2.05, 4.69) is 9.97 Å². The molecule has 0 N–H and O–H groups in total. The van der Waals surface area contributed by atoms with Gasteiger partial charge in [-0.15, -0.1) is 0 Å². The first-order valence-electron chi connectivity index (χ1n) is 5.85. The van der Waals surface area contributed by atoms with Gasteiger partial charge in [-0.3, -0.25) is 4.79 Å². The van der Waals surface area contributed by atoms with Gasteiger partial charge in [0, 0.05) is 30.6 Å². The minimum Gasteiger partial charge on any atom is -0.337 e. The number of nitrogens with zero attached hydrogens (tertiary/aromatic N) is 3. The number of carbonyl (C=O) groups excluding carboxylic acids is 1. The number of hydrogen-bond acceptors (Lipinski definition) is 4. The molecule has 0 amide bonds. The van der Waals surface area contributed by atoms with Crippen molar-refractivity contribution in [1.29, 1.82) is 0 Å². The highest BCUT2D eigenvalue weighted by molar-refractivity contribution is 5.80. The van der Waals surface area contributed by atoms with Gasteiger partial charge in [-0.2, -0.15) is 0 Å². The van der Waals surface area contributed by atoms with Crippen LogP contribution >= 0.6 is 0 Å². The molecule has 0 fully saturated rings. The van der Waals surface area contributed by atoms with Crippen LogP contribution in [0.2, 0.25) is 0 Å². The van der Waals surface area contributed by atoms with Gasteiger partial charge in [0.05, 0.1) is 6.54 Å². The maximum absolute atomic E-state index is 13.6. The number of ketones is 1. The highest BCUT2D eigenvalue weighted by atomic mass is 19.1. The summed E-state index contributed by atoms with van der Waals surface area (Å²) in [5, 5.41) is 0. The summed E-state index contributed by atoms with van der Waals surface area (Å²) in [6, 6.07) is 6.46. The van der Waals surface area contributed by atoms with E-state index in [1.54, 1.807) is 42.5 Å². The van der Waals surface area contributed by atoms with Crippen molar-refractivity contribution in [2.45, 2.75) is 6.92 Å². The third-order valence-electron chi connectivity index (χ3n) is 2.62. The van der Waals surface area contributed by atoms with Gasteiger partial charge in [0.2, 0.25) is 5.95 Å². The number of aromatic nitrogens is 2. The highest BCUT2D eigenvalue weighted by Crippen LogP contribution is 2.21. The fraction of sp³-hybridized carbons (Fsp3) is 0.214. The highest BCUT2D eigenvalue weighted by Gasteiger charge is 2.08. The first kappa shape index (κ1) is 13.1. The Morgan fingerprint density at radius 2 is 1.89 bits per heavy atom. The summed E-state index contributed by atoms with van der Waals surface area (Å²) in [6.45, 7) is 1.75. The first-order valence-corrected chi connectivity index (χ1v) is 5.85. The molecule has 5 heteroatoms. The zero-order valence-corrected chi connectivity index (χ0v) is 10.8. The van der Waals surface area contributed by atoms with Crippen LogP contribution in [0.3, 0.4) is 0 Å². The number of likely N-dealkylation sites (N-methyl/N-ethyl adjacent to an activating group) is 1. The third-order valence-corrected chi connectivity index (χ3v) is 2.62. The van der Waals surface area contributed by atoms with Gasteiger partial charge >= 0.3 is 0 Å². The smallest absolute Gasteiger partial charge is 0.225 e. The summed E-state index contributed by atoms with van der Waals surface area (Å²) in [5.74, 6) is 0.163. The quantitative estimate of drug-likeness (QED) is 0.845. The maximum Gasteiger partial charge on any atom is 0.225 e. The minimum absolute atomic E-state index is 0.0317. The lowest BCUT2D eigenvalue weighted by atomic mass is 10.1. The van der Waals surface area contributed by atoms with Gasteiger partial charge in [0.15, 0.2) is 0 Å². The summed E-state index contributed by atoms with van der Waals surface area (Å²) in [7, 11) is 1.74. The van der Waals surface area contributed by atoms with Crippen LogP contribution in [0, 0.1) is 5.82 Å². The Morgan fingerprint density at radius 1 is 1.26 bits per heavy atom. The number of carbonyl (C=O) groups is 1. The van der Waals surface area contributed by atoms with Crippen LogP contribution in [0.25, 0.3) is 11.1 Å². The van der Waals surface area contributed by atoms with Crippen molar-refractivity contribution in [1.82, 2.24) is 9.97 Å². The molecule has 0 aliphatic rings. The Hall–Kier alpha value is -2.30. The average Bonchev–Trinajstić information content (AvgIpc) is 2.39. The Morgan fingerprint density at radius 3 is 2.47 bits per heavy atom. The van der Waals surface area contributed by atoms with E-state index in [1.165, 1.54) is 13.0 Å². The molecule has 1 aromatic carbocycles. The number of halogens is 1. The molecule has 2 aromatic rings. The second kappa shape index (κ2) is 5.56. The molecule has 4 nitrogen and oxygen atoms in total. The fourth-order valence-electron chi connectivity index (χ4n) is 1.76. The van der Waals surface area contributed by atoms with Gasteiger partial charge in [-0.25, -0.2) is 14.4 Å². The van der Waals surface area contributed by atoms with Crippen molar-refractivity contribution in [2.75, 3.05) is 18.5 Å². The molecule has 1 heterocycles. The van der Waals surface area contributed by atoms with Crippen LogP contribution in [0.15, 0.2) is 36.7 Å². The molecule has 0 aliphatic heterocycles. The van der Waals surface area contributed by atoms with E-state index in [4.69, 9.17) is 0 Å².